The number of halogens is 1. The minimum atomic E-state index is 0. The molecule has 0 atom stereocenters. The van der Waals surface area contributed by atoms with E-state index in [0.717, 1.165) is 22.5 Å². The van der Waals surface area contributed by atoms with Gasteiger partial charge in [0.15, 0.2) is 0 Å². The number of nitrogen functional groups attached to an aromatic ring is 1. The van der Waals surface area contributed by atoms with E-state index in [0.29, 0.717) is 5.69 Å². The zero-order valence-electron chi connectivity index (χ0n) is 12.3. The van der Waals surface area contributed by atoms with E-state index in [-0.39, 0.29) is 12.4 Å². The number of hydrogen-bond acceptors (Lipinski definition) is 3. The minimum Gasteiger partial charge on any atom is -0.397 e. The van der Waals surface area contributed by atoms with E-state index in [2.05, 4.69) is 30.1 Å². The summed E-state index contributed by atoms with van der Waals surface area (Å²) in [5.41, 5.74) is 12.9. The summed E-state index contributed by atoms with van der Waals surface area (Å²) in [6.07, 6.45) is 0. The first-order valence-electron chi connectivity index (χ1n) is 6.34. The fraction of sp³-hybridized carbons (Fsp3) is 0.250. The number of rotatable bonds is 2. The first kappa shape index (κ1) is 16.2. The Morgan fingerprint density at radius 3 is 2.15 bits per heavy atom. The number of nitrogens with zero attached hydrogens (tertiary/aromatic N) is 2. The topological polar surface area (TPSA) is 50.7 Å². The average molecular weight is 290 g/mol. The molecular weight excluding hydrogens is 270 g/mol. The number of benzene rings is 2. The lowest BCUT2D eigenvalue weighted by molar-refractivity contribution is 1.17. The molecular formula is C16H20ClN3. The Morgan fingerprint density at radius 1 is 0.800 bits per heavy atom. The Balaban J connectivity index is 0.00000200. The van der Waals surface area contributed by atoms with Crippen LogP contribution in [-0.2, 0) is 0 Å². The van der Waals surface area contributed by atoms with Crippen LogP contribution in [0.15, 0.2) is 40.6 Å². The summed E-state index contributed by atoms with van der Waals surface area (Å²) in [5, 5.41) is 8.68. The van der Waals surface area contributed by atoms with Gasteiger partial charge in [0.25, 0.3) is 0 Å². The molecule has 2 aromatic rings. The van der Waals surface area contributed by atoms with Crippen molar-refractivity contribution in [1.29, 1.82) is 0 Å². The first-order valence-corrected chi connectivity index (χ1v) is 6.34. The van der Waals surface area contributed by atoms with Crippen LogP contribution >= 0.6 is 12.4 Å². The van der Waals surface area contributed by atoms with Crippen LogP contribution in [0.5, 0.6) is 0 Å². The van der Waals surface area contributed by atoms with Gasteiger partial charge in [-0.25, -0.2) is 0 Å². The van der Waals surface area contributed by atoms with Gasteiger partial charge in [-0.05, 0) is 62.1 Å². The maximum Gasteiger partial charge on any atom is 0.112 e. The predicted molar refractivity (Wildman–Crippen MR) is 87.7 cm³/mol. The molecule has 0 unspecified atom stereocenters. The molecule has 0 aromatic heterocycles. The van der Waals surface area contributed by atoms with Gasteiger partial charge in [0.1, 0.15) is 5.69 Å². The zero-order valence-corrected chi connectivity index (χ0v) is 13.1. The fourth-order valence-corrected chi connectivity index (χ4v) is 1.90. The van der Waals surface area contributed by atoms with Crippen LogP contribution < -0.4 is 5.73 Å². The molecule has 20 heavy (non-hydrogen) atoms. The molecule has 0 radical (unpaired) electrons. The van der Waals surface area contributed by atoms with Crippen LogP contribution in [0.2, 0.25) is 0 Å². The van der Waals surface area contributed by atoms with E-state index in [1.165, 1.54) is 11.1 Å². The molecule has 0 heterocycles. The second-order valence-electron chi connectivity index (χ2n) is 4.86. The summed E-state index contributed by atoms with van der Waals surface area (Å²) in [5.74, 6) is 0. The molecule has 4 heteroatoms. The number of hydrogen-bond donors (Lipinski definition) is 1. The van der Waals surface area contributed by atoms with Gasteiger partial charge < -0.3 is 5.73 Å². The van der Waals surface area contributed by atoms with Crippen molar-refractivity contribution >= 4 is 29.5 Å². The van der Waals surface area contributed by atoms with Crippen molar-refractivity contribution in [3.05, 3.63) is 52.6 Å². The van der Waals surface area contributed by atoms with Crippen LogP contribution in [-0.4, -0.2) is 0 Å². The molecule has 0 aliphatic heterocycles. The second kappa shape index (κ2) is 6.53. The van der Waals surface area contributed by atoms with Gasteiger partial charge >= 0.3 is 0 Å². The lowest BCUT2D eigenvalue weighted by atomic mass is 10.1. The van der Waals surface area contributed by atoms with Gasteiger partial charge in [-0.2, -0.15) is 5.11 Å². The van der Waals surface area contributed by atoms with E-state index in [4.69, 9.17) is 5.73 Å². The molecule has 2 aromatic carbocycles. The van der Waals surface area contributed by atoms with Gasteiger partial charge in [0, 0.05) is 0 Å². The van der Waals surface area contributed by atoms with Crippen LogP contribution in [0.3, 0.4) is 0 Å². The smallest absolute Gasteiger partial charge is 0.112 e. The Bertz CT molecular complexity index is 648. The average Bonchev–Trinajstić information content (AvgIpc) is 2.39. The highest BCUT2D eigenvalue weighted by Crippen LogP contribution is 2.31. The third-order valence-corrected chi connectivity index (χ3v) is 3.57. The molecule has 0 saturated heterocycles. The Labute approximate surface area is 126 Å². The summed E-state index contributed by atoms with van der Waals surface area (Å²) in [4.78, 5) is 0. The van der Waals surface area contributed by atoms with Gasteiger partial charge in [-0.3, -0.25) is 0 Å². The third kappa shape index (κ3) is 3.17. The van der Waals surface area contributed by atoms with Crippen molar-refractivity contribution < 1.29 is 0 Å². The molecule has 0 spiro atoms. The zero-order chi connectivity index (χ0) is 14.0. The summed E-state index contributed by atoms with van der Waals surface area (Å²) >= 11 is 0. The highest BCUT2D eigenvalue weighted by molar-refractivity contribution is 5.85. The SMILES string of the molecule is Cc1cccc(N=Nc2c(N)ccc(C)c2C)c1C.Cl. The van der Waals surface area contributed by atoms with Gasteiger partial charge in [0.2, 0.25) is 0 Å². The standard InChI is InChI=1S/C16H19N3.ClH/c1-10-6-5-7-15(12(10)3)18-19-16-13(4)11(2)8-9-14(16)17;/h5-9H,17H2,1-4H3;1H. The summed E-state index contributed by atoms with van der Waals surface area (Å²) in [6, 6.07) is 9.90. The van der Waals surface area contributed by atoms with Gasteiger partial charge in [-0.15, -0.1) is 17.5 Å². The van der Waals surface area contributed by atoms with Crippen molar-refractivity contribution in [1.82, 2.24) is 0 Å². The van der Waals surface area contributed by atoms with Crippen LogP contribution in [0.25, 0.3) is 0 Å². The molecule has 0 saturated carbocycles. The Kier molecular flexibility index (Phi) is 5.28. The number of aryl methyl sites for hydroxylation is 2. The van der Waals surface area contributed by atoms with E-state index < -0.39 is 0 Å². The van der Waals surface area contributed by atoms with Crippen molar-refractivity contribution in [3.63, 3.8) is 0 Å². The van der Waals surface area contributed by atoms with Crippen molar-refractivity contribution in [2.45, 2.75) is 27.7 Å². The van der Waals surface area contributed by atoms with E-state index in [1.54, 1.807) is 0 Å². The van der Waals surface area contributed by atoms with Gasteiger partial charge in [0.05, 0.1) is 11.4 Å². The van der Waals surface area contributed by atoms with Crippen LogP contribution in [0.4, 0.5) is 17.1 Å². The maximum atomic E-state index is 5.97. The Morgan fingerprint density at radius 2 is 1.45 bits per heavy atom. The molecule has 106 valence electrons. The van der Waals surface area contributed by atoms with E-state index in [9.17, 15) is 0 Å². The lowest BCUT2D eigenvalue weighted by Gasteiger charge is -2.07. The second-order valence-corrected chi connectivity index (χ2v) is 4.86. The summed E-state index contributed by atoms with van der Waals surface area (Å²) in [6.45, 7) is 8.19. The van der Waals surface area contributed by atoms with Gasteiger partial charge in [-0.1, -0.05) is 18.2 Å². The largest absolute Gasteiger partial charge is 0.397 e. The normalized spacial score (nSPS) is 10.6. The molecule has 0 bridgehead atoms. The van der Waals surface area contributed by atoms with E-state index in [1.807, 2.05) is 38.1 Å². The molecule has 0 fully saturated rings. The first-order chi connectivity index (χ1) is 9.00. The quantitative estimate of drug-likeness (QED) is 0.589. The molecule has 2 rings (SSSR count). The third-order valence-electron chi connectivity index (χ3n) is 3.57. The van der Waals surface area contributed by atoms with Crippen molar-refractivity contribution in [2.24, 2.45) is 10.2 Å². The van der Waals surface area contributed by atoms with E-state index >= 15 is 0 Å². The lowest BCUT2D eigenvalue weighted by Crippen LogP contribution is -1.90. The molecule has 0 amide bonds. The molecule has 2 N–H and O–H groups in total. The molecule has 0 aliphatic rings. The number of azo groups is 1. The molecule has 3 nitrogen and oxygen atoms in total. The Hall–Kier alpha value is -1.87. The fourth-order valence-electron chi connectivity index (χ4n) is 1.90. The highest BCUT2D eigenvalue weighted by atomic mass is 35.5. The monoisotopic (exact) mass is 289 g/mol. The maximum absolute atomic E-state index is 5.97. The van der Waals surface area contributed by atoms with Crippen LogP contribution in [0.1, 0.15) is 22.3 Å². The summed E-state index contributed by atoms with van der Waals surface area (Å²) < 4.78 is 0. The summed E-state index contributed by atoms with van der Waals surface area (Å²) in [7, 11) is 0. The van der Waals surface area contributed by atoms with Crippen LogP contribution in [0, 0.1) is 27.7 Å². The molecule has 0 aliphatic carbocycles. The van der Waals surface area contributed by atoms with Crippen molar-refractivity contribution in [2.75, 3.05) is 5.73 Å². The number of nitrogens with two attached hydrogens (primary N) is 1. The number of anilines is 1. The highest BCUT2D eigenvalue weighted by Gasteiger charge is 2.05. The predicted octanol–water partition coefficient (Wildman–Crippen LogP) is 5.34. The van der Waals surface area contributed by atoms with Crippen molar-refractivity contribution in [3.8, 4) is 0 Å². The minimum absolute atomic E-state index is 0.